The molecule has 5 aromatic rings. The van der Waals surface area contributed by atoms with Crippen LogP contribution in [0.2, 0.25) is 0 Å². The summed E-state index contributed by atoms with van der Waals surface area (Å²) in [6.45, 7) is 4.24. The summed E-state index contributed by atoms with van der Waals surface area (Å²) in [5.74, 6) is 3.07. The van der Waals surface area contributed by atoms with E-state index in [0.717, 1.165) is 39.0 Å². The van der Waals surface area contributed by atoms with Crippen molar-refractivity contribution in [2.75, 3.05) is 0 Å². The zero-order chi connectivity index (χ0) is 24.4. The minimum absolute atomic E-state index is 0.0139. The van der Waals surface area contributed by atoms with Gasteiger partial charge in [0.1, 0.15) is 23.0 Å². The molecule has 35 heavy (non-hydrogen) atoms. The quantitative estimate of drug-likeness (QED) is 0.285. The molecule has 2 heterocycles. The first kappa shape index (κ1) is 19.1. The summed E-state index contributed by atoms with van der Waals surface area (Å²) in [6.07, 6.45) is 0. The smallest absolute Gasteiger partial charge is 0.260 e. The normalized spacial score (nSPS) is 13.1. The molecule has 2 aliphatic heterocycles. The Morgan fingerprint density at radius 1 is 0.571 bits per heavy atom. The van der Waals surface area contributed by atoms with Crippen molar-refractivity contribution in [3.8, 4) is 45.3 Å². The van der Waals surface area contributed by atoms with Gasteiger partial charge < -0.3 is 9.47 Å². The molecule has 0 N–H and O–H groups in total. The SMILES string of the molecule is [2H]c1cc2c3c(c1)Oc1cc(-c4ccccc4C)ccc1B3c1ccc(-c3ccccc3C)cc1O2. The molecule has 0 bridgehead atoms. The van der Waals surface area contributed by atoms with Crippen molar-refractivity contribution in [3.05, 3.63) is 114 Å². The number of ether oxygens (including phenoxy) is 2. The second kappa shape index (κ2) is 7.64. The molecule has 0 spiro atoms. The van der Waals surface area contributed by atoms with Crippen LogP contribution in [0.4, 0.5) is 0 Å². The van der Waals surface area contributed by atoms with Crippen LogP contribution in [-0.4, -0.2) is 6.71 Å². The Kier molecular flexibility index (Phi) is 4.17. The van der Waals surface area contributed by atoms with Crippen LogP contribution >= 0.6 is 0 Å². The first-order valence-corrected chi connectivity index (χ1v) is 12.0. The Balaban J connectivity index is 1.41. The summed E-state index contributed by atoms with van der Waals surface area (Å²) in [5, 5.41) is 0. The highest BCUT2D eigenvalue weighted by Crippen LogP contribution is 2.37. The maximum absolute atomic E-state index is 8.39. The van der Waals surface area contributed by atoms with Crippen LogP contribution < -0.4 is 25.9 Å². The standard InChI is InChI=1S/C32H23BO2/c1-20-8-3-5-10-24(20)22-14-16-26-30(18-22)34-28-12-7-13-29-32(28)33(26)27-17-15-23(19-31(27)35-29)25-11-6-4-9-21(25)2/h3-19H,1-2H3/i7D. The molecule has 2 nitrogen and oxygen atoms in total. The molecule has 3 heteroatoms. The number of rotatable bonds is 2. The fourth-order valence-corrected chi connectivity index (χ4v) is 5.49. The molecule has 7 rings (SSSR count). The third-order valence-electron chi connectivity index (χ3n) is 7.25. The molecule has 0 saturated carbocycles. The monoisotopic (exact) mass is 451 g/mol. The maximum Gasteiger partial charge on any atom is 0.260 e. The maximum atomic E-state index is 8.39. The number of fused-ring (bicyclic) bond motifs is 4. The second-order valence-electron chi connectivity index (χ2n) is 9.37. The third-order valence-corrected chi connectivity index (χ3v) is 7.25. The van der Waals surface area contributed by atoms with Crippen molar-refractivity contribution in [1.29, 1.82) is 0 Å². The highest BCUT2D eigenvalue weighted by Gasteiger charge is 2.40. The molecule has 166 valence electrons. The van der Waals surface area contributed by atoms with Crippen molar-refractivity contribution < 1.29 is 10.8 Å². The Morgan fingerprint density at radius 3 is 1.54 bits per heavy atom. The summed E-state index contributed by atoms with van der Waals surface area (Å²) in [6, 6.07) is 33.8. The molecule has 0 atom stereocenters. The number of hydrogen-bond donors (Lipinski definition) is 0. The molecule has 0 radical (unpaired) electrons. The lowest BCUT2D eigenvalue weighted by molar-refractivity contribution is 0.464. The first-order valence-electron chi connectivity index (χ1n) is 12.5. The zero-order valence-corrected chi connectivity index (χ0v) is 19.6. The lowest BCUT2D eigenvalue weighted by atomic mass is 9.35. The van der Waals surface area contributed by atoms with Gasteiger partial charge in [-0.3, -0.25) is 0 Å². The predicted octanol–water partition coefficient (Wildman–Crippen LogP) is 6.37. The van der Waals surface area contributed by atoms with E-state index in [1.54, 1.807) is 12.1 Å². The van der Waals surface area contributed by atoms with Gasteiger partial charge in [0.25, 0.3) is 6.71 Å². The van der Waals surface area contributed by atoms with Crippen molar-refractivity contribution in [2.24, 2.45) is 0 Å². The number of aryl methyl sites for hydroxylation is 2. The lowest BCUT2D eigenvalue weighted by Crippen LogP contribution is -2.57. The Labute approximate surface area is 207 Å². The highest BCUT2D eigenvalue weighted by molar-refractivity contribution is 6.98. The van der Waals surface area contributed by atoms with Gasteiger partial charge in [-0.15, -0.1) is 0 Å². The summed E-state index contributed by atoms with van der Waals surface area (Å²) in [5.41, 5.74) is 10.3. The van der Waals surface area contributed by atoms with E-state index in [2.05, 4.69) is 98.8 Å². The molecule has 0 aromatic heterocycles. The van der Waals surface area contributed by atoms with Crippen LogP contribution in [-0.2, 0) is 0 Å². The van der Waals surface area contributed by atoms with Crippen LogP contribution in [0.5, 0.6) is 23.0 Å². The van der Waals surface area contributed by atoms with Gasteiger partial charge in [-0.05, 0) is 82.4 Å². The topological polar surface area (TPSA) is 18.5 Å². The van der Waals surface area contributed by atoms with Crippen LogP contribution in [0.25, 0.3) is 22.3 Å². The van der Waals surface area contributed by atoms with Gasteiger partial charge in [-0.1, -0.05) is 78.8 Å². The third kappa shape index (κ3) is 3.12. The molecule has 2 aliphatic rings. The molecule has 0 unspecified atom stereocenters. The van der Waals surface area contributed by atoms with Gasteiger partial charge in [-0.25, -0.2) is 0 Å². The van der Waals surface area contributed by atoms with Crippen LogP contribution in [0.1, 0.15) is 12.5 Å². The van der Waals surface area contributed by atoms with E-state index in [0.29, 0.717) is 17.5 Å². The van der Waals surface area contributed by atoms with Gasteiger partial charge in [0.05, 0.1) is 1.37 Å². The van der Waals surface area contributed by atoms with Gasteiger partial charge >= 0.3 is 0 Å². The molecule has 5 aromatic carbocycles. The number of hydrogen-bond acceptors (Lipinski definition) is 2. The molecule has 0 saturated heterocycles. The summed E-state index contributed by atoms with van der Waals surface area (Å²) >= 11 is 0. The van der Waals surface area contributed by atoms with E-state index in [1.165, 1.54) is 22.3 Å². The Bertz CT molecular complexity index is 1570. The van der Waals surface area contributed by atoms with Crippen molar-refractivity contribution in [3.63, 3.8) is 0 Å². The van der Waals surface area contributed by atoms with E-state index in [-0.39, 0.29) is 6.71 Å². The predicted molar refractivity (Wildman–Crippen MR) is 144 cm³/mol. The summed E-state index contributed by atoms with van der Waals surface area (Å²) in [4.78, 5) is 0. The van der Waals surface area contributed by atoms with Crippen molar-refractivity contribution >= 4 is 23.1 Å². The molecule has 0 aliphatic carbocycles. The molecule has 0 amide bonds. The minimum atomic E-state index is -0.0139. The zero-order valence-electron chi connectivity index (χ0n) is 20.6. The summed E-state index contributed by atoms with van der Waals surface area (Å²) < 4.78 is 21.2. The van der Waals surface area contributed by atoms with Gasteiger partial charge in [-0.2, -0.15) is 0 Å². The average Bonchev–Trinajstić information content (AvgIpc) is 2.88. The van der Waals surface area contributed by atoms with E-state index in [9.17, 15) is 0 Å². The highest BCUT2D eigenvalue weighted by atomic mass is 16.5. The fourth-order valence-electron chi connectivity index (χ4n) is 5.49. The Morgan fingerprint density at radius 2 is 1.06 bits per heavy atom. The summed E-state index contributed by atoms with van der Waals surface area (Å²) in [7, 11) is 0. The average molecular weight is 451 g/mol. The van der Waals surface area contributed by atoms with Gasteiger partial charge in [0.2, 0.25) is 0 Å². The van der Waals surface area contributed by atoms with E-state index >= 15 is 0 Å². The van der Waals surface area contributed by atoms with E-state index in [1.807, 2.05) is 0 Å². The molecule has 0 fully saturated rings. The van der Waals surface area contributed by atoms with Gasteiger partial charge in [0, 0.05) is 5.46 Å². The van der Waals surface area contributed by atoms with Gasteiger partial charge in [0.15, 0.2) is 0 Å². The van der Waals surface area contributed by atoms with Crippen LogP contribution in [0, 0.1) is 13.8 Å². The first-order chi connectivity index (χ1) is 17.6. The second-order valence-corrected chi connectivity index (χ2v) is 9.37. The Hall–Kier alpha value is -4.24. The van der Waals surface area contributed by atoms with E-state index in [4.69, 9.17) is 10.8 Å². The lowest BCUT2D eigenvalue weighted by Gasteiger charge is -2.33. The van der Waals surface area contributed by atoms with Crippen molar-refractivity contribution in [2.45, 2.75) is 13.8 Å². The fraction of sp³-hybridized carbons (Fsp3) is 0.0625. The van der Waals surface area contributed by atoms with Crippen LogP contribution in [0.15, 0.2) is 103 Å². The number of benzene rings is 5. The van der Waals surface area contributed by atoms with E-state index < -0.39 is 0 Å². The van der Waals surface area contributed by atoms with Crippen LogP contribution in [0.3, 0.4) is 0 Å². The largest absolute Gasteiger partial charge is 0.458 e. The molecular formula is C32H23BO2. The molecular weight excluding hydrogens is 427 g/mol. The van der Waals surface area contributed by atoms with Crippen molar-refractivity contribution in [1.82, 2.24) is 0 Å². The minimum Gasteiger partial charge on any atom is -0.458 e.